The molecule has 1 aromatic carbocycles. The van der Waals surface area contributed by atoms with Gasteiger partial charge in [-0.1, -0.05) is 39.0 Å². The van der Waals surface area contributed by atoms with Gasteiger partial charge in [0.15, 0.2) is 0 Å². The zero-order valence-electron chi connectivity index (χ0n) is 13.1. The summed E-state index contributed by atoms with van der Waals surface area (Å²) < 4.78 is 7.91. The second-order valence-electron chi connectivity index (χ2n) is 5.69. The summed E-state index contributed by atoms with van der Waals surface area (Å²) in [5.74, 6) is 0.900. The highest BCUT2D eigenvalue weighted by atomic mass is 79.9. The van der Waals surface area contributed by atoms with E-state index in [-0.39, 0.29) is 6.04 Å². The summed E-state index contributed by atoms with van der Waals surface area (Å²) in [5, 5.41) is 0. The molecule has 1 unspecified atom stereocenters. The molecule has 0 saturated heterocycles. The molecule has 1 aromatic rings. The van der Waals surface area contributed by atoms with Crippen LogP contribution >= 0.6 is 31.9 Å². The number of hydrogen-bond acceptors (Lipinski definition) is 2. The largest absolute Gasteiger partial charge is 0.491 e. The second-order valence-corrected chi connectivity index (χ2v) is 7.39. The van der Waals surface area contributed by atoms with Gasteiger partial charge in [-0.15, -0.1) is 0 Å². The summed E-state index contributed by atoms with van der Waals surface area (Å²) in [7, 11) is 0. The van der Waals surface area contributed by atoms with E-state index in [1.165, 1.54) is 37.7 Å². The smallest absolute Gasteiger partial charge is 0.147 e. The third-order valence-corrected chi connectivity index (χ3v) is 4.54. The monoisotopic (exact) mass is 419 g/mol. The molecular weight excluding hydrogens is 394 g/mol. The van der Waals surface area contributed by atoms with Crippen LogP contribution in [0.3, 0.4) is 0 Å². The van der Waals surface area contributed by atoms with Crippen LogP contribution < -0.4 is 10.5 Å². The minimum atomic E-state index is 0.165. The molecule has 1 rings (SSSR count). The molecule has 0 aliphatic carbocycles. The molecule has 0 spiro atoms. The molecule has 0 amide bonds. The maximum Gasteiger partial charge on any atom is 0.147 e. The van der Waals surface area contributed by atoms with Crippen LogP contribution in [-0.4, -0.2) is 12.6 Å². The summed E-state index contributed by atoms with van der Waals surface area (Å²) in [4.78, 5) is 0. The normalized spacial score (nSPS) is 12.4. The molecule has 1 atom stereocenters. The Labute approximate surface area is 146 Å². The number of ether oxygens (including phenoxy) is 1. The van der Waals surface area contributed by atoms with Crippen LogP contribution in [0.4, 0.5) is 0 Å². The van der Waals surface area contributed by atoms with Gasteiger partial charge in [0.2, 0.25) is 0 Å². The number of hydrogen-bond donors (Lipinski definition) is 1. The Bertz CT molecular complexity index is 398. The molecule has 0 aromatic heterocycles. The van der Waals surface area contributed by atoms with E-state index in [9.17, 15) is 0 Å². The molecule has 0 fully saturated rings. The van der Waals surface area contributed by atoms with Crippen LogP contribution in [0.2, 0.25) is 0 Å². The first-order chi connectivity index (χ1) is 10.0. The van der Waals surface area contributed by atoms with Crippen LogP contribution in [0.15, 0.2) is 21.1 Å². The highest BCUT2D eigenvalue weighted by molar-refractivity contribution is 9.11. The Hall–Kier alpha value is -0.0600. The molecule has 0 aliphatic rings. The lowest BCUT2D eigenvalue weighted by atomic mass is 10.1. The molecule has 0 saturated carbocycles. The standard InChI is InChI=1S/C17H27Br2NO/c1-3-4-5-6-7-8-9-21-17-15(18)11-14(10-13(2)20)12-16(17)19/h11-13H,3-10,20H2,1-2H3. The van der Waals surface area contributed by atoms with Crippen molar-refractivity contribution >= 4 is 31.9 Å². The lowest BCUT2D eigenvalue weighted by Gasteiger charge is -2.13. The number of nitrogens with two attached hydrogens (primary N) is 1. The summed E-state index contributed by atoms with van der Waals surface area (Å²) in [6.07, 6.45) is 8.53. The van der Waals surface area contributed by atoms with Crippen LogP contribution in [0.25, 0.3) is 0 Å². The van der Waals surface area contributed by atoms with Gasteiger partial charge < -0.3 is 10.5 Å². The summed E-state index contributed by atoms with van der Waals surface area (Å²) in [5.41, 5.74) is 7.07. The Morgan fingerprint density at radius 2 is 1.62 bits per heavy atom. The van der Waals surface area contributed by atoms with Crippen molar-refractivity contribution in [2.45, 2.75) is 64.8 Å². The van der Waals surface area contributed by atoms with Gasteiger partial charge in [0, 0.05) is 6.04 Å². The van der Waals surface area contributed by atoms with E-state index >= 15 is 0 Å². The minimum absolute atomic E-state index is 0.165. The van der Waals surface area contributed by atoms with Crippen LogP contribution in [-0.2, 0) is 6.42 Å². The van der Waals surface area contributed by atoms with Gasteiger partial charge in [0.1, 0.15) is 5.75 Å². The first-order valence-corrected chi connectivity index (χ1v) is 9.49. The Morgan fingerprint density at radius 3 is 2.19 bits per heavy atom. The van der Waals surface area contributed by atoms with E-state index in [1.807, 2.05) is 6.92 Å². The summed E-state index contributed by atoms with van der Waals surface area (Å²) >= 11 is 7.19. The van der Waals surface area contributed by atoms with Crippen molar-refractivity contribution in [3.63, 3.8) is 0 Å². The Balaban J connectivity index is 2.41. The number of benzene rings is 1. The lowest BCUT2D eigenvalue weighted by molar-refractivity contribution is 0.300. The zero-order valence-corrected chi connectivity index (χ0v) is 16.3. The Kier molecular flexibility index (Phi) is 9.61. The summed E-state index contributed by atoms with van der Waals surface area (Å²) in [6, 6.07) is 4.37. The fourth-order valence-electron chi connectivity index (χ4n) is 2.30. The zero-order chi connectivity index (χ0) is 15.7. The molecule has 4 heteroatoms. The van der Waals surface area contributed by atoms with Crippen LogP contribution in [0, 0.1) is 0 Å². The first-order valence-electron chi connectivity index (χ1n) is 7.91. The van der Waals surface area contributed by atoms with E-state index in [0.717, 1.165) is 34.1 Å². The molecule has 0 aliphatic heterocycles. The van der Waals surface area contributed by atoms with Crippen molar-refractivity contribution in [1.82, 2.24) is 0 Å². The predicted octanol–water partition coefficient (Wildman–Crippen LogP) is 5.84. The number of halogens is 2. The van der Waals surface area contributed by atoms with Crippen molar-refractivity contribution in [3.05, 3.63) is 26.6 Å². The van der Waals surface area contributed by atoms with Gasteiger partial charge in [0.05, 0.1) is 15.6 Å². The Morgan fingerprint density at radius 1 is 1.05 bits per heavy atom. The second kappa shape index (κ2) is 10.6. The maximum absolute atomic E-state index is 5.91. The van der Waals surface area contributed by atoms with Gasteiger partial charge in [-0.3, -0.25) is 0 Å². The predicted molar refractivity (Wildman–Crippen MR) is 98.1 cm³/mol. The van der Waals surface area contributed by atoms with Gasteiger partial charge in [-0.05, 0) is 69.3 Å². The first kappa shape index (κ1) is 19.0. The van der Waals surface area contributed by atoms with Gasteiger partial charge in [-0.25, -0.2) is 0 Å². The van der Waals surface area contributed by atoms with E-state index in [0.29, 0.717) is 0 Å². The molecular formula is C17H27Br2NO. The van der Waals surface area contributed by atoms with Gasteiger partial charge >= 0.3 is 0 Å². The molecule has 0 bridgehead atoms. The third kappa shape index (κ3) is 7.66. The highest BCUT2D eigenvalue weighted by Crippen LogP contribution is 2.35. The molecule has 120 valence electrons. The molecule has 0 radical (unpaired) electrons. The fraction of sp³-hybridized carbons (Fsp3) is 0.647. The van der Waals surface area contributed by atoms with Crippen molar-refractivity contribution in [1.29, 1.82) is 0 Å². The molecule has 0 heterocycles. The van der Waals surface area contributed by atoms with Crippen molar-refractivity contribution in [2.24, 2.45) is 5.73 Å². The van der Waals surface area contributed by atoms with Gasteiger partial charge in [-0.2, -0.15) is 0 Å². The summed E-state index contributed by atoms with van der Waals surface area (Å²) in [6.45, 7) is 5.04. The minimum Gasteiger partial charge on any atom is -0.491 e. The van der Waals surface area contributed by atoms with Crippen molar-refractivity contribution in [3.8, 4) is 5.75 Å². The van der Waals surface area contributed by atoms with E-state index in [2.05, 4.69) is 50.9 Å². The van der Waals surface area contributed by atoms with E-state index < -0.39 is 0 Å². The highest BCUT2D eigenvalue weighted by Gasteiger charge is 2.10. The average molecular weight is 421 g/mol. The number of rotatable bonds is 10. The van der Waals surface area contributed by atoms with Crippen LogP contribution in [0.5, 0.6) is 5.75 Å². The SMILES string of the molecule is CCCCCCCCOc1c(Br)cc(CC(C)N)cc1Br. The van der Waals surface area contributed by atoms with E-state index in [1.54, 1.807) is 0 Å². The van der Waals surface area contributed by atoms with Crippen LogP contribution in [0.1, 0.15) is 57.9 Å². The maximum atomic E-state index is 5.91. The molecule has 21 heavy (non-hydrogen) atoms. The average Bonchev–Trinajstić information content (AvgIpc) is 2.39. The third-order valence-electron chi connectivity index (χ3n) is 3.36. The fourth-order valence-corrected chi connectivity index (χ4v) is 3.81. The van der Waals surface area contributed by atoms with Crippen molar-refractivity contribution in [2.75, 3.05) is 6.61 Å². The molecule has 2 nitrogen and oxygen atoms in total. The lowest BCUT2D eigenvalue weighted by Crippen LogP contribution is -2.17. The quantitative estimate of drug-likeness (QED) is 0.482. The van der Waals surface area contributed by atoms with Crippen molar-refractivity contribution < 1.29 is 4.74 Å². The number of unbranched alkanes of at least 4 members (excludes halogenated alkanes) is 5. The van der Waals surface area contributed by atoms with E-state index in [4.69, 9.17) is 10.5 Å². The van der Waals surface area contributed by atoms with Gasteiger partial charge in [0.25, 0.3) is 0 Å². The topological polar surface area (TPSA) is 35.2 Å². The molecule has 2 N–H and O–H groups in total.